The SMILES string of the molecule is CCCc1c(CNCC)oc2c(C)ccc(Br)c12. The zero-order chi connectivity index (χ0) is 13.1. The maximum atomic E-state index is 6.07. The van der Waals surface area contributed by atoms with Gasteiger partial charge in [0, 0.05) is 15.4 Å². The summed E-state index contributed by atoms with van der Waals surface area (Å²) in [5, 5.41) is 4.61. The molecule has 0 saturated heterocycles. The van der Waals surface area contributed by atoms with Gasteiger partial charge in [-0.1, -0.05) is 42.3 Å². The first kappa shape index (κ1) is 13.6. The lowest BCUT2D eigenvalue weighted by atomic mass is 10.0. The summed E-state index contributed by atoms with van der Waals surface area (Å²) >= 11 is 3.65. The number of aryl methyl sites for hydroxylation is 2. The molecule has 0 aliphatic rings. The van der Waals surface area contributed by atoms with Crippen molar-refractivity contribution in [3.8, 4) is 0 Å². The van der Waals surface area contributed by atoms with Crippen molar-refractivity contribution < 1.29 is 4.42 Å². The molecule has 3 heteroatoms. The van der Waals surface area contributed by atoms with Gasteiger partial charge in [0.15, 0.2) is 0 Å². The van der Waals surface area contributed by atoms with Gasteiger partial charge in [0.2, 0.25) is 0 Å². The quantitative estimate of drug-likeness (QED) is 0.875. The van der Waals surface area contributed by atoms with Gasteiger partial charge < -0.3 is 9.73 Å². The molecule has 0 aliphatic carbocycles. The van der Waals surface area contributed by atoms with Crippen molar-refractivity contribution in [2.24, 2.45) is 0 Å². The summed E-state index contributed by atoms with van der Waals surface area (Å²) in [5.41, 5.74) is 3.58. The van der Waals surface area contributed by atoms with Crippen molar-refractivity contribution in [1.82, 2.24) is 5.32 Å². The Bertz CT molecular complexity index is 545. The Labute approximate surface area is 117 Å². The van der Waals surface area contributed by atoms with E-state index >= 15 is 0 Å². The molecule has 0 saturated carbocycles. The van der Waals surface area contributed by atoms with Crippen LogP contribution in [0.3, 0.4) is 0 Å². The Morgan fingerprint density at radius 2 is 2.06 bits per heavy atom. The van der Waals surface area contributed by atoms with E-state index in [1.165, 1.54) is 16.5 Å². The van der Waals surface area contributed by atoms with Crippen LogP contribution in [-0.4, -0.2) is 6.54 Å². The van der Waals surface area contributed by atoms with Gasteiger partial charge >= 0.3 is 0 Å². The molecule has 1 aromatic carbocycles. The van der Waals surface area contributed by atoms with Gasteiger partial charge in [-0.05, 0) is 31.5 Å². The fourth-order valence-electron chi connectivity index (χ4n) is 2.30. The summed E-state index contributed by atoms with van der Waals surface area (Å²) in [6.07, 6.45) is 2.20. The molecule has 1 N–H and O–H groups in total. The average molecular weight is 310 g/mol. The molecule has 0 spiro atoms. The molecule has 1 heterocycles. The molecule has 98 valence electrons. The third-order valence-electron chi connectivity index (χ3n) is 3.20. The minimum atomic E-state index is 0.812. The highest BCUT2D eigenvalue weighted by atomic mass is 79.9. The predicted octanol–water partition coefficient (Wildman–Crippen LogP) is 4.57. The lowest BCUT2D eigenvalue weighted by molar-refractivity contribution is 0.511. The fourth-order valence-corrected chi connectivity index (χ4v) is 2.85. The molecule has 0 aliphatic heterocycles. The topological polar surface area (TPSA) is 25.2 Å². The molecule has 1 aromatic heterocycles. The Morgan fingerprint density at radius 3 is 2.72 bits per heavy atom. The van der Waals surface area contributed by atoms with Crippen molar-refractivity contribution >= 4 is 26.9 Å². The van der Waals surface area contributed by atoms with E-state index in [9.17, 15) is 0 Å². The second kappa shape index (κ2) is 5.89. The molecule has 2 rings (SSSR count). The predicted molar refractivity (Wildman–Crippen MR) is 80.0 cm³/mol. The first-order valence-electron chi connectivity index (χ1n) is 6.59. The Morgan fingerprint density at radius 1 is 1.28 bits per heavy atom. The maximum absolute atomic E-state index is 6.07. The fraction of sp³-hybridized carbons (Fsp3) is 0.467. The maximum Gasteiger partial charge on any atom is 0.138 e. The number of hydrogen-bond acceptors (Lipinski definition) is 2. The van der Waals surface area contributed by atoms with Crippen molar-refractivity contribution in [1.29, 1.82) is 0 Å². The summed E-state index contributed by atoms with van der Waals surface area (Å²) in [4.78, 5) is 0. The van der Waals surface area contributed by atoms with Crippen LogP contribution in [0.1, 0.15) is 37.2 Å². The molecule has 0 atom stereocenters. The van der Waals surface area contributed by atoms with Gasteiger partial charge in [-0.25, -0.2) is 0 Å². The highest BCUT2D eigenvalue weighted by molar-refractivity contribution is 9.10. The van der Waals surface area contributed by atoms with Crippen LogP contribution >= 0.6 is 15.9 Å². The van der Waals surface area contributed by atoms with Gasteiger partial charge in [0.05, 0.1) is 6.54 Å². The highest BCUT2D eigenvalue weighted by Gasteiger charge is 2.16. The van der Waals surface area contributed by atoms with E-state index in [1.807, 2.05) is 0 Å². The number of rotatable bonds is 5. The van der Waals surface area contributed by atoms with E-state index < -0.39 is 0 Å². The normalized spacial score (nSPS) is 11.3. The summed E-state index contributed by atoms with van der Waals surface area (Å²) in [5.74, 6) is 1.09. The second-order valence-corrected chi connectivity index (χ2v) is 5.46. The second-order valence-electron chi connectivity index (χ2n) is 4.60. The van der Waals surface area contributed by atoms with Crippen LogP contribution in [-0.2, 0) is 13.0 Å². The summed E-state index contributed by atoms with van der Waals surface area (Å²) in [6.45, 7) is 8.20. The lowest BCUT2D eigenvalue weighted by Crippen LogP contribution is -2.12. The number of hydrogen-bond donors (Lipinski definition) is 1. The van der Waals surface area contributed by atoms with E-state index in [-0.39, 0.29) is 0 Å². The van der Waals surface area contributed by atoms with Crippen LogP contribution in [0.15, 0.2) is 21.0 Å². The third kappa shape index (κ3) is 2.47. The molecule has 2 nitrogen and oxygen atoms in total. The average Bonchev–Trinajstić information content (AvgIpc) is 2.72. The van der Waals surface area contributed by atoms with Gasteiger partial charge in [-0.2, -0.15) is 0 Å². The van der Waals surface area contributed by atoms with Crippen LogP contribution in [0.4, 0.5) is 0 Å². The first-order chi connectivity index (χ1) is 8.69. The Kier molecular flexibility index (Phi) is 4.46. The summed E-state index contributed by atoms with van der Waals surface area (Å²) < 4.78 is 7.21. The minimum absolute atomic E-state index is 0.812. The monoisotopic (exact) mass is 309 g/mol. The van der Waals surface area contributed by atoms with E-state index in [1.54, 1.807) is 0 Å². The zero-order valence-electron chi connectivity index (χ0n) is 11.3. The first-order valence-corrected chi connectivity index (χ1v) is 7.38. The van der Waals surface area contributed by atoms with E-state index in [0.717, 1.165) is 41.7 Å². The number of nitrogens with one attached hydrogen (secondary N) is 1. The molecule has 0 amide bonds. The van der Waals surface area contributed by atoms with Crippen molar-refractivity contribution in [3.63, 3.8) is 0 Å². The molecule has 18 heavy (non-hydrogen) atoms. The van der Waals surface area contributed by atoms with E-state index in [4.69, 9.17) is 4.42 Å². The van der Waals surface area contributed by atoms with Crippen LogP contribution < -0.4 is 5.32 Å². The van der Waals surface area contributed by atoms with E-state index in [0.29, 0.717) is 0 Å². The van der Waals surface area contributed by atoms with Crippen molar-refractivity contribution in [2.75, 3.05) is 6.54 Å². The smallest absolute Gasteiger partial charge is 0.138 e. The highest BCUT2D eigenvalue weighted by Crippen LogP contribution is 2.35. The van der Waals surface area contributed by atoms with Crippen LogP contribution in [0.2, 0.25) is 0 Å². The zero-order valence-corrected chi connectivity index (χ0v) is 12.9. The van der Waals surface area contributed by atoms with Crippen LogP contribution in [0.25, 0.3) is 11.0 Å². The molecule has 0 fully saturated rings. The van der Waals surface area contributed by atoms with Gasteiger partial charge in [0.25, 0.3) is 0 Å². The number of halogens is 1. The molecular weight excluding hydrogens is 290 g/mol. The van der Waals surface area contributed by atoms with Gasteiger partial charge in [0.1, 0.15) is 11.3 Å². The van der Waals surface area contributed by atoms with Crippen LogP contribution in [0, 0.1) is 6.92 Å². The molecule has 0 bridgehead atoms. The van der Waals surface area contributed by atoms with Crippen molar-refractivity contribution in [2.45, 2.75) is 40.2 Å². The van der Waals surface area contributed by atoms with Gasteiger partial charge in [-0.15, -0.1) is 0 Å². The standard InChI is InChI=1S/C15H20BrNO/c1-4-6-11-13(9-17-5-2)18-15-10(3)7-8-12(16)14(11)15/h7-8,17H,4-6,9H2,1-3H3. The van der Waals surface area contributed by atoms with Crippen molar-refractivity contribution in [3.05, 3.63) is 33.5 Å². The molecule has 0 unspecified atom stereocenters. The number of furan rings is 1. The Balaban J connectivity index is 2.59. The minimum Gasteiger partial charge on any atom is -0.459 e. The number of benzene rings is 1. The largest absolute Gasteiger partial charge is 0.459 e. The lowest BCUT2D eigenvalue weighted by Gasteiger charge is -2.02. The number of fused-ring (bicyclic) bond motifs is 1. The summed E-state index contributed by atoms with van der Waals surface area (Å²) in [7, 11) is 0. The molecule has 2 aromatic rings. The molecular formula is C15H20BrNO. The van der Waals surface area contributed by atoms with Gasteiger partial charge in [-0.3, -0.25) is 0 Å². The third-order valence-corrected chi connectivity index (χ3v) is 3.86. The summed E-state index contributed by atoms with van der Waals surface area (Å²) in [6, 6.07) is 4.21. The molecule has 0 radical (unpaired) electrons. The van der Waals surface area contributed by atoms with E-state index in [2.05, 4.69) is 54.2 Å². The van der Waals surface area contributed by atoms with Crippen LogP contribution in [0.5, 0.6) is 0 Å². The Hall–Kier alpha value is -0.800.